The van der Waals surface area contributed by atoms with Crippen molar-refractivity contribution in [2.45, 2.75) is 25.7 Å². The van der Waals surface area contributed by atoms with Gasteiger partial charge in [0.25, 0.3) is 0 Å². The summed E-state index contributed by atoms with van der Waals surface area (Å²) in [5.74, 6) is 0. The number of rotatable bonds is 2. The van der Waals surface area contributed by atoms with Crippen LogP contribution in [0.4, 0.5) is 0 Å². The van der Waals surface area contributed by atoms with Crippen molar-refractivity contribution in [3.8, 4) is 0 Å². The molecule has 1 fully saturated rings. The first-order valence-corrected chi connectivity index (χ1v) is 2.56. The van der Waals surface area contributed by atoms with Gasteiger partial charge in [-0.15, -0.1) is 0 Å². The van der Waals surface area contributed by atoms with Crippen molar-refractivity contribution in [3.05, 3.63) is 0 Å². The zero-order valence-corrected chi connectivity index (χ0v) is 4.68. The summed E-state index contributed by atoms with van der Waals surface area (Å²) in [5, 5.41) is 0. The molecule has 42 valence electrons. The fourth-order valence-electron chi connectivity index (χ4n) is 0.623. The Kier molecular flexibility index (Phi) is 1.30. The van der Waals surface area contributed by atoms with E-state index in [2.05, 4.69) is 6.92 Å². The van der Waals surface area contributed by atoms with Crippen molar-refractivity contribution in [1.82, 2.24) is 0 Å². The van der Waals surface area contributed by atoms with E-state index in [-0.39, 0.29) is 6.29 Å². The van der Waals surface area contributed by atoms with Gasteiger partial charge >= 0.3 is 0 Å². The third-order valence-corrected chi connectivity index (χ3v) is 1.17. The molecule has 1 saturated heterocycles. The van der Waals surface area contributed by atoms with Crippen molar-refractivity contribution >= 4 is 0 Å². The molecule has 2 heteroatoms. The Labute approximate surface area is 43.4 Å². The number of hydrogen-bond acceptors (Lipinski definition) is 2. The topological polar surface area (TPSA) is 21.8 Å². The fourth-order valence-corrected chi connectivity index (χ4v) is 0.623. The molecule has 0 saturated carbocycles. The summed E-state index contributed by atoms with van der Waals surface area (Å²) >= 11 is 0. The van der Waals surface area contributed by atoms with Gasteiger partial charge in [-0.2, -0.15) is 0 Å². The molecule has 0 spiro atoms. The number of ether oxygens (including phenoxy) is 2. The van der Waals surface area contributed by atoms with Gasteiger partial charge in [0, 0.05) is 7.11 Å². The Morgan fingerprint density at radius 1 is 1.71 bits per heavy atom. The lowest BCUT2D eigenvalue weighted by atomic mass is 10.4. The van der Waals surface area contributed by atoms with Crippen LogP contribution in [0.2, 0.25) is 0 Å². The molecule has 1 heterocycles. The molecule has 7 heavy (non-hydrogen) atoms. The summed E-state index contributed by atoms with van der Waals surface area (Å²) in [6.45, 7) is 2.09. The normalized spacial score (nSPS) is 38.6. The molecule has 0 N–H and O–H groups in total. The summed E-state index contributed by atoms with van der Waals surface area (Å²) in [6, 6.07) is 0. The summed E-state index contributed by atoms with van der Waals surface area (Å²) in [5.41, 5.74) is 0. The lowest BCUT2D eigenvalue weighted by Crippen LogP contribution is -1.92. The van der Waals surface area contributed by atoms with Crippen LogP contribution < -0.4 is 0 Å². The average Bonchev–Trinajstić information content (AvgIpc) is 2.43. The second-order valence-electron chi connectivity index (χ2n) is 1.69. The van der Waals surface area contributed by atoms with Gasteiger partial charge in [-0.1, -0.05) is 6.92 Å². The van der Waals surface area contributed by atoms with E-state index in [1.165, 1.54) is 0 Å². The summed E-state index contributed by atoms with van der Waals surface area (Å²) in [6.07, 6.45) is 1.58. The van der Waals surface area contributed by atoms with E-state index < -0.39 is 0 Å². The second-order valence-corrected chi connectivity index (χ2v) is 1.69. The summed E-state index contributed by atoms with van der Waals surface area (Å²) in [4.78, 5) is 0. The zero-order chi connectivity index (χ0) is 5.28. The van der Waals surface area contributed by atoms with Crippen LogP contribution in [0.1, 0.15) is 13.3 Å². The zero-order valence-electron chi connectivity index (χ0n) is 4.68. The Balaban J connectivity index is 2.06. The minimum Gasteiger partial charge on any atom is -0.353 e. The number of methoxy groups -OCH3 is 1. The van der Waals surface area contributed by atoms with Gasteiger partial charge in [-0.05, 0) is 6.42 Å². The maximum Gasteiger partial charge on any atom is 0.184 e. The van der Waals surface area contributed by atoms with E-state index in [1.807, 2.05) is 0 Å². The molecule has 0 radical (unpaired) electrons. The van der Waals surface area contributed by atoms with Gasteiger partial charge in [-0.25, -0.2) is 0 Å². The molecule has 0 aliphatic carbocycles. The van der Waals surface area contributed by atoms with E-state index in [1.54, 1.807) is 7.11 Å². The van der Waals surface area contributed by atoms with Gasteiger partial charge in [0.2, 0.25) is 0 Å². The Bertz CT molecular complexity index is 55.1. The Morgan fingerprint density at radius 3 is 2.57 bits per heavy atom. The van der Waals surface area contributed by atoms with E-state index >= 15 is 0 Å². The van der Waals surface area contributed by atoms with Crippen LogP contribution in [0.15, 0.2) is 0 Å². The molecule has 1 rings (SSSR count). The van der Waals surface area contributed by atoms with Crippen LogP contribution >= 0.6 is 0 Å². The molecule has 0 aromatic carbocycles. The van der Waals surface area contributed by atoms with Gasteiger partial charge in [0.05, 0.1) is 0 Å². The van der Waals surface area contributed by atoms with Gasteiger partial charge in [-0.3, -0.25) is 0 Å². The first-order valence-electron chi connectivity index (χ1n) is 2.56. The van der Waals surface area contributed by atoms with Crippen LogP contribution in [0.25, 0.3) is 0 Å². The molecule has 0 aromatic rings. The van der Waals surface area contributed by atoms with E-state index in [4.69, 9.17) is 9.47 Å². The third-order valence-electron chi connectivity index (χ3n) is 1.17. The van der Waals surface area contributed by atoms with Crippen LogP contribution in [0, 0.1) is 0 Å². The molecule has 2 nitrogen and oxygen atoms in total. The quantitative estimate of drug-likeness (QED) is 0.480. The predicted molar refractivity (Wildman–Crippen MR) is 26.0 cm³/mol. The lowest BCUT2D eigenvalue weighted by Gasteiger charge is -1.82. The highest BCUT2D eigenvalue weighted by Crippen LogP contribution is 2.24. The van der Waals surface area contributed by atoms with E-state index in [9.17, 15) is 0 Å². The SMILES string of the molecule is CCC1OC1OC. The molecule has 0 bridgehead atoms. The minimum absolute atomic E-state index is 0.116. The van der Waals surface area contributed by atoms with Crippen LogP contribution in [0.3, 0.4) is 0 Å². The maximum absolute atomic E-state index is 4.99. The summed E-state index contributed by atoms with van der Waals surface area (Å²) < 4.78 is 9.84. The first kappa shape index (κ1) is 5.06. The highest BCUT2D eigenvalue weighted by Gasteiger charge is 2.36. The smallest absolute Gasteiger partial charge is 0.184 e. The monoisotopic (exact) mass is 102 g/mol. The Morgan fingerprint density at radius 2 is 2.43 bits per heavy atom. The highest BCUT2D eigenvalue weighted by molar-refractivity contribution is 4.73. The molecule has 1 aliphatic rings. The third kappa shape index (κ3) is 0.924. The average molecular weight is 102 g/mol. The van der Waals surface area contributed by atoms with E-state index in [0.29, 0.717) is 6.10 Å². The molecule has 2 unspecified atom stereocenters. The number of epoxide rings is 1. The van der Waals surface area contributed by atoms with Crippen molar-refractivity contribution in [1.29, 1.82) is 0 Å². The summed E-state index contributed by atoms with van der Waals surface area (Å²) in [7, 11) is 1.67. The molecular weight excluding hydrogens is 92.1 g/mol. The van der Waals surface area contributed by atoms with Gasteiger partial charge < -0.3 is 9.47 Å². The highest BCUT2D eigenvalue weighted by atomic mass is 16.8. The van der Waals surface area contributed by atoms with E-state index in [0.717, 1.165) is 6.42 Å². The Hall–Kier alpha value is -0.0800. The second kappa shape index (κ2) is 1.80. The van der Waals surface area contributed by atoms with Crippen LogP contribution in [-0.2, 0) is 9.47 Å². The van der Waals surface area contributed by atoms with Gasteiger partial charge in [0.15, 0.2) is 6.29 Å². The molecule has 2 atom stereocenters. The number of hydrogen-bond donors (Lipinski definition) is 0. The fraction of sp³-hybridized carbons (Fsp3) is 1.00. The van der Waals surface area contributed by atoms with Crippen molar-refractivity contribution in [3.63, 3.8) is 0 Å². The molecular formula is C5H10O2. The minimum atomic E-state index is 0.116. The molecule has 0 amide bonds. The first-order chi connectivity index (χ1) is 3.38. The van der Waals surface area contributed by atoms with Crippen molar-refractivity contribution < 1.29 is 9.47 Å². The van der Waals surface area contributed by atoms with Crippen molar-refractivity contribution in [2.75, 3.05) is 7.11 Å². The van der Waals surface area contributed by atoms with Crippen molar-refractivity contribution in [2.24, 2.45) is 0 Å². The molecule has 1 aliphatic heterocycles. The standard InChI is InChI=1S/C5H10O2/c1-3-4-5(6-2)7-4/h4-5H,3H2,1-2H3. The predicted octanol–water partition coefficient (Wildman–Crippen LogP) is 0.768. The van der Waals surface area contributed by atoms with Crippen LogP contribution in [-0.4, -0.2) is 19.5 Å². The largest absolute Gasteiger partial charge is 0.353 e. The lowest BCUT2D eigenvalue weighted by molar-refractivity contribution is 0.0950. The van der Waals surface area contributed by atoms with Gasteiger partial charge in [0.1, 0.15) is 6.10 Å². The molecule has 0 aromatic heterocycles. The van der Waals surface area contributed by atoms with Crippen LogP contribution in [0.5, 0.6) is 0 Å². The maximum atomic E-state index is 4.99.